The van der Waals surface area contributed by atoms with E-state index in [1.165, 1.54) is 18.5 Å². The molecule has 0 aromatic carbocycles. The van der Waals surface area contributed by atoms with Crippen LogP contribution in [0.25, 0.3) is 0 Å². The lowest BCUT2D eigenvalue weighted by Crippen LogP contribution is -2.03. The molecular formula is C11H17NO. The molecule has 0 radical (unpaired) electrons. The first kappa shape index (κ1) is 8.82. The van der Waals surface area contributed by atoms with Crippen molar-refractivity contribution in [1.29, 1.82) is 0 Å². The zero-order valence-electron chi connectivity index (χ0n) is 8.11. The molecular weight excluding hydrogens is 162 g/mol. The van der Waals surface area contributed by atoms with Gasteiger partial charge in [0.15, 0.2) is 0 Å². The summed E-state index contributed by atoms with van der Waals surface area (Å²) >= 11 is 0. The Labute approximate surface area is 79.2 Å². The van der Waals surface area contributed by atoms with E-state index in [1.807, 2.05) is 0 Å². The summed E-state index contributed by atoms with van der Waals surface area (Å²) in [5, 5.41) is 9.04. The number of aryl methyl sites for hydroxylation is 1. The molecule has 72 valence electrons. The van der Waals surface area contributed by atoms with Gasteiger partial charge in [-0.1, -0.05) is 0 Å². The summed E-state index contributed by atoms with van der Waals surface area (Å²) in [4.78, 5) is 0. The maximum Gasteiger partial charge on any atom is 0.0459 e. The first-order chi connectivity index (χ1) is 6.31. The summed E-state index contributed by atoms with van der Waals surface area (Å²) in [5.41, 5.74) is 1.43. The van der Waals surface area contributed by atoms with Crippen molar-refractivity contribution < 1.29 is 5.11 Å². The average Bonchev–Trinajstić information content (AvgIpc) is 2.71. The van der Waals surface area contributed by atoms with Crippen LogP contribution in [0.2, 0.25) is 0 Å². The molecule has 2 atom stereocenters. The minimum atomic E-state index is 0.362. The van der Waals surface area contributed by atoms with E-state index in [2.05, 4.69) is 29.9 Å². The summed E-state index contributed by atoms with van der Waals surface area (Å²) < 4.78 is 2.20. The van der Waals surface area contributed by atoms with Crippen molar-refractivity contribution in [1.82, 2.24) is 4.57 Å². The normalized spacial score (nSPS) is 28.2. The zero-order chi connectivity index (χ0) is 9.26. The van der Waals surface area contributed by atoms with Crippen molar-refractivity contribution in [3.8, 4) is 0 Å². The lowest BCUT2D eigenvalue weighted by Gasteiger charge is -2.11. The molecule has 2 rings (SSSR count). The molecule has 0 saturated heterocycles. The van der Waals surface area contributed by atoms with Crippen LogP contribution in [0.5, 0.6) is 0 Å². The molecule has 2 nitrogen and oxygen atoms in total. The van der Waals surface area contributed by atoms with Crippen molar-refractivity contribution in [3.05, 3.63) is 24.0 Å². The summed E-state index contributed by atoms with van der Waals surface area (Å²) in [7, 11) is 2.10. The Kier molecular flexibility index (Phi) is 2.40. The predicted molar refractivity (Wildman–Crippen MR) is 52.6 cm³/mol. The smallest absolute Gasteiger partial charge is 0.0459 e. The Balaban J connectivity index is 2.08. The molecule has 1 N–H and O–H groups in total. The Morgan fingerprint density at radius 2 is 2.38 bits per heavy atom. The molecule has 0 aliphatic heterocycles. The largest absolute Gasteiger partial charge is 0.396 e. The summed E-state index contributed by atoms with van der Waals surface area (Å²) in [6, 6.07) is 4.30. The lowest BCUT2D eigenvalue weighted by atomic mass is 10.0. The molecule has 1 aliphatic rings. The second kappa shape index (κ2) is 3.54. The van der Waals surface area contributed by atoms with Gasteiger partial charge in [-0.3, -0.25) is 0 Å². The highest BCUT2D eigenvalue weighted by molar-refractivity contribution is 5.13. The Bertz CT molecular complexity index is 279. The minimum absolute atomic E-state index is 0.362. The first-order valence-corrected chi connectivity index (χ1v) is 5.03. The van der Waals surface area contributed by atoms with Crippen LogP contribution in [-0.2, 0) is 7.05 Å². The molecule has 1 saturated carbocycles. The molecule has 1 fully saturated rings. The van der Waals surface area contributed by atoms with Gasteiger partial charge < -0.3 is 9.67 Å². The van der Waals surface area contributed by atoms with Crippen LogP contribution in [0.15, 0.2) is 18.3 Å². The van der Waals surface area contributed by atoms with Crippen molar-refractivity contribution in [2.75, 3.05) is 6.61 Å². The van der Waals surface area contributed by atoms with Crippen LogP contribution in [0.4, 0.5) is 0 Å². The van der Waals surface area contributed by atoms with E-state index in [0.717, 1.165) is 6.42 Å². The molecule has 0 amide bonds. The number of rotatable bonds is 2. The van der Waals surface area contributed by atoms with Crippen LogP contribution in [0.3, 0.4) is 0 Å². The quantitative estimate of drug-likeness (QED) is 0.737. The van der Waals surface area contributed by atoms with Crippen LogP contribution < -0.4 is 0 Å². The van der Waals surface area contributed by atoms with E-state index in [4.69, 9.17) is 5.11 Å². The second-order valence-corrected chi connectivity index (χ2v) is 4.10. The van der Waals surface area contributed by atoms with Gasteiger partial charge in [0.05, 0.1) is 0 Å². The highest BCUT2D eigenvalue weighted by atomic mass is 16.3. The molecule has 1 aromatic rings. The van der Waals surface area contributed by atoms with Gasteiger partial charge in [-0.15, -0.1) is 0 Å². The average molecular weight is 179 g/mol. The van der Waals surface area contributed by atoms with E-state index in [-0.39, 0.29) is 0 Å². The van der Waals surface area contributed by atoms with Gasteiger partial charge in [0, 0.05) is 25.5 Å². The van der Waals surface area contributed by atoms with E-state index in [9.17, 15) is 0 Å². The third-order valence-electron chi connectivity index (χ3n) is 3.20. The highest BCUT2D eigenvalue weighted by Gasteiger charge is 2.26. The molecule has 2 heteroatoms. The monoisotopic (exact) mass is 179 g/mol. The Morgan fingerprint density at radius 3 is 2.92 bits per heavy atom. The number of hydrogen-bond donors (Lipinski definition) is 1. The van der Waals surface area contributed by atoms with Gasteiger partial charge in [-0.2, -0.15) is 0 Å². The Hall–Kier alpha value is -0.760. The maximum absolute atomic E-state index is 9.04. The first-order valence-electron chi connectivity index (χ1n) is 5.03. The van der Waals surface area contributed by atoms with Gasteiger partial charge in [0.2, 0.25) is 0 Å². The fourth-order valence-corrected chi connectivity index (χ4v) is 2.41. The van der Waals surface area contributed by atoms with Gasteiger partial charge >= 0.3 is 0 Å². The van der Waals surface area contributed by atoms with Gasteiger partial charge in [0.1, 0.15) is 0 Å². The number of aliphatic hydroxyl groups is 1. The SMILES string of the molecule is Cn1cccc1[C@H]1CC[C@H](CO)C1. The minimum Gasteiger partial charge on any atom is -0.396 e. The molecule has 1 aliphatic carbocycles. The van der Waals surface area contributed by atoms with Gasteiger partial charge in [0.25, 0.3) is 0 Å². The van der Waals surface area contributed by atoms with Crippen LogP contribution >= 0.6 is 0 Å². The Morgan fingerprint density at radius 1 is 1.54 bits per heavy atom. The van der Waals surface area contributed by atoms with E-state index in [1.54, 1.807) is 0 Å². The molecule has 0 unspecified atom stereocenters. The predicted octanol–water partition coefficient (Wildman–Crippen LogP) is 1.90. The summed E-state index contributed by atoms with van der Waals surface area (Å²) in [6.45, 7) is 0.362. The van der Waals surface area contributed by atoms with E-state index in [0.29, 0.717) is 18.4 Å². The molecule has 0 bridgehead atoms. The fraction of sp³-hybridized carbons (Fsp3) is 0.636. The highest BCUT2D eigenvalue weighted by Crippen LogP contribution is 2.37. The second-order valence-electron chi connectivity index (χ2n) is 4.10. The number of aliphatic hydroxyl groups excluding tert-OH is 1. The fourth-order valence-electron chi connectivity index (χ4n) is 2.41. The summed E-state index contributed by atoms with van der Waals surface area (Å²) in [5.74, 6) is 1.22. The molecule has 0 spiro atoms. The van der Waals surface area contributed by atoms with Crippen molar-refractivity contribution in [2.45, 2.75) is 25.2 Å². The number of aromatic nitrogens is 1. The number of nitrogens with zero attached hydrogens (tertiary/aromatic N) is 1. The van der Waals surface area contributed by atoms with Crippen molar-refractivity contribution in [3.63, 3.8) is 0 Å². The molecule has 1 heterocycles. The molecule has 1 aromatic heterocycles. The standard InChI is InChI=1S/C11H17NO/c1-12-6-2-3-11(12)10-5-4-9(7-10)8-13/h2-3,6,9-10,13H,4-5,7-8H2,1H3/t9-,10-/m0/s1. The van der Waals surface area contributed by atoms with Crippen molar-refractivity contribution in [2.24, 2.45) is 13.0 Å². The molecule has 13 heavy (non-hydrogen) atoms. The van der Waals surface area contributed by atoms with Crippen LogP contribution in [0.1, 0.15) is 30.9 Å². The van der Waals surface area contributed by atoms with E-state index < -0.39 is 0 Å². The topological polar surface area (TPSA) is 25.2 Å². The van der Waals surface area contributed by atoms with Crippen LogP contribution in [0, 0.1) is 5.92 Å². The summed E-state index contributed by atoms with van der Waals surface area (Å²) in [6.07, 6.45) is 5.69. The van der Waals surface area contributed by atoms with Crippen LogP contribution in [-0.4, -0.2) is 16.3 Å². The van der Waals surface area contributed by atoms with E-state index >= 15 is 0 Å². The van der Waals surface area contributed by atoms with Gasteiger partial charge in [-0.25, -0.2) is 0 Å². The third kappa shape index (κ3) is 1.63. The number of hydrogen-bond acceptors (Lipinski definition) is 1. The van der Waals surface area contributed by atoms with Crippen molar-refractivity contribution >= 4 is 0 Å². The van der Waals surface area contributed by atoms with Gasteiger partial charge in [-0.05, 0) is 43.2 Å². The third-order valence-corrected chi connectivity index (χ3v) is 3.20. The zero-order valence-corrected chi connectivity index (χ0v) is 8.11. The maximum atomic E-state index is 9.04. The lowest BCUT2D eigenvalue weighted by molar-refractivity contribution is 0.228.